The van der Waals surface area contributed by atoms with Gasteiger partial charge in [-0.2, -0.15) is 0 Å². The van der Waals surface area contributed by atoms with Gasteiger partial charge >= 0.3 is 0 Å². The maximum absolute atomic E-state index is 13.4. The zero-order valence-corrected chi connectivity index (χ0v) is 19.6. The Labute approximate surface area is 198 Å². The first-order valence-electron chi connectivity index (χ1n) is 10.5. The Kier molecular flexibility index (Phi) is 9.06. The highest BCUT2D eigenvalue weighted by molar-refractivity contribution is 6.27. The highest BCUT2D eigenvalue weighted by Gasteiger charge is 2.51. The molecule has 0 aliphatic rings. The smallest absolute Gasteiger partial charge is 0.284 e. The summed E-state index contributed by atoms with van der Waals surface area (Å²) >= 11 is 0. The molecule has 0 radical (unpaired) electrons. The average molecular weight is 468 g/mol. The van der Waals surface area contributed by atoms with Gasteiger partial charge in [-0.05, 0) is 35.7 Å². The summed E-state index contributed by atoms with van der Waals surface area (Å²) in [7, 11) is 4.11. The number of carbonyl (C=O) groups is 3. The van der Waals surface area contributed by atoms with Crippen molar-refractivity contribution < 1.29 is 29.4 Å². The topological polar surface area (TPSA) is 128 Å². The Hall–Kier alpha value is -3.55. The fourth-order valence-corrected chi connectivity index (χ4v) is 3.47. The number of terminal acetylenes is 1. The second-order valence-electron chi connectivity index (χ2n) is 7.70. The largest absolute Gasteiger partial charge is 0.388 e. The average Bonchev–Trinajstić information content (AvgIpc) is 2.88. The van der Waals surface area contributed by atoms with Crippen LogP contribution in [0.5, 0.6) is 0 Å². The quantitative estimate of drug-likeness (QED) is 0.138. The van der Waals surface area contributed by atoms with Crippen molar-refractivity contribution in [3.63, 3.8) is 0 Å². The van der Waals surface area contributed by atoms with E-state index in [4.69, 9.17) is 11.2 Å². The number of carbonyl (C=O) groups excluding carboxylic acids is 3. The van der Waals surface area contributed by atoms with Gasteiger partial charge in [-0.1, -0.05) is 36.3 Å². The van der Waals surface area contributed by atoms with Crippen LogP contribution in [0.15, 0.2) is 42.5 Å². The highest BCUT2D eigenvalue weighted by atomic mass is 16.6. The van der Waals surface area contributed by atoms with Crippen molar-refractivity contribution in [2.24, 2.45) is 5.41 Å². The lowest BCUT2D eigenvalue weighted by molar-refractivity contribution is -0.186. The molecule has 0 saturated heterocycles. The molecule has 0 heterocycles. The minimum Gasteiger partial charge on any atom is -0.388 e. The van der Waals surface area contributed by atoms with E-state index in [0.29, 0.717) is 18.6 Å². The van der Waals surface area contributed by atoms with Crippen molar-refractivity contribution in [3.05, 3.63) is 59.2 Å². The first-order valence-corrected chi connectivity index (χ1v) is 10.5. The Morgan fingerprint density at radius 1 is 1.15 bits per heavy atom. The summed E-state index contributed by atoms with van der Waals surface area (Å²) in [6, 6.07) is 11.9. The molecule has 0 fully saturated rings. The number of aliphatic hydroxyl groups is 1. The van der Waals surface area contributed by atoms with Gasteiger partial charge < -0.3 is 15.2 Å². The van der Waals surface area contributed by atoms with Gasteiger partial charge in [-0.15, -0.1) is 11.6 Å². The molecule has 0 aliphatic carbocycles. The van der Waals surface area contributed by atoms with Gasteiger partial charge in [0.1, 0.15) is 0 Å². The molecule has 34 heavy (non-hydrogen) atoms. The number of hydrogen-bond acceptors (Lipinski definition) is 7. The fraction of sp³-hybridized carbons (Fsp3) is 0.320. The predicted octanol–water partition coefficient (Wildman–Crippen LogP) is 1.69. The number of aliphatic hydroxyl groups excluding tert-OH is 1. The summed E-state index contributed by atoms with van der Waals surface area (Å²) in [5.74, 6) is -0.473. The lowest BCUT2D eigenvalue weighted by Gasteiger charge is -2.28. The van der Waals surface area contributed by atoms with Crippen LogP contribution in [0.2, 0.25) is 0 Å². The number of nitrogens with one attached hydrogen (secondary N) is 2. The maximum Gasteiger partial charge on any atom is 0.284 e. The monoisotopic (exact) mass is 467 g/mol. The van der Waals surface area contributed by atoms with Crippen molar-refractivity contribution in [2.75, 3.05) is 27.8 Å². The molecule has 0 saturated carbocycles. The Morgan fingerprint density at radius 3 is 2.29 bits per heavy atom. The van der Waals surface area contributed by atoms with Gasteiger partial charge in [0, 0.05) is 45.4 Å². The number of amides is 2. The van der Waals surface area contributed by atoms with Crippen LogP contribution in [0.1, 0.15) is 40.9 Å². The molecule has 0 unspecified atom stereocenters. The first kappa shape index (κ1) is 26.7. The van der Waals surface area contributed by atoms with Crippen LogP contribution in [0.25, 0.3) is 11.1 Å². The van der Waals surface area contributed by atoms with E-state index in [1.165, 1.54) is 20.2 Å². The van der Waals surface area contributed by atoms with Gasteiger partial charge in [-0.3, -0.25) is 19.6 Å². The molecule has 2 aromatic rings. The third kappa shape index (κ3) is 5.32. The van der Waals surface area contributed by atoms with E-state index < -0.39 is 29.1 Å². The Morgan fingerprint density at radius 2 is 1.76 bits per heavy atom. The summed E-state index contributed by atoms with van der Waals surface area (Å²) in [4.78, 5) is 38.6. The number of rotatable bonds is 10. The third-order valence-corrected chi connectivity index (χ3v) is 5.61. The minimum absolute atomic E-state index is 0.0122. The molecule has 2 amide bonds. The van der Waals surface area contributed by atoms with Crippen LogP contribution in [-0.2, 0) is 14.3 Å². The summed E-state index contributed by atoms with van der Waals surface area (Å²) < 4.78 is 4.99. The standard InChI is InChI=1S/C25H29N3O6/c1-6-16-15-19(17-7-9-18(10-8-17)21(29)13-14-34-5)11-12-20(16)22(30)25(2,23(31)26-3)24(32)28(33)27-4/h1,7-12,15,21,27,29,33H,13-14H2,2-5H3,(H,26,31)/t21-,25+/m1/s1. The van der Waals surface area contributed by atoms with Crippen LogP contribution >= 0.6 is 0 Å². The molecular formula is C25H29N3O6. The number of ether oxygens (including phenoxy) is 1. The van der Waals surface area contributed by atoms with Crippen molar-refractivity contribution in [2.45, 2.75) is 19.4 Å². The number of Topliss-reactive ketones (excluding diaryl/α,β-unsaturated/α-hetero) is 1. The van der Waals surface area contributed by atoms with Crippen LogP contribution in [0, 0.1) is 17.8 Å². The van der Waals surface area contributed by atoms with Crippen molar-refractivity contribution >= 4 is 17.6 Å². The van der Waals surface area contributed by atoms with Gasteiger partial charge in [-0.25, -0.2) is 5.43 Å². The second kappa shape index (κ2) is 11.5. The van der Waals surface area contributed by atoms with Gasteiger partial charge in [0.2, 0.25) is 5.91 Å². The summed E-state index contributed by atoms with van der Waals surface area (Å²) in [6.07, 6.45) is 5.47. The van der Waals surface area contributed by atoms with Gasteiger partial charge in [0.05, 0.1) is 6.10 Å². The SMILES string of the molecule is C#Cc1cc(-c2ccc([C@H](O)CCOC)cc2)ccc1C(=O)[C@@](C)(C(=O)NC)C(=O)N(O)NC. The number of hydrogen-bond donors (Lipinski definition) is 4. The zero-order chi connectivity index (χ0) is 25.5. The maximum atomic E-state index is 13.4. The lowest BCUT2D eigenvalue weighted by atomic mass is 9.78. The van der Waals surface area contributed by atoms with E-state index in [1.54, 1.807) is 31.4 Å². The molecular weight excluding hydrogens is 438 g/mol. The second-order valence-corrected chi connectivity index (χ2v) is 7.70. The van der Waals surface area contributed by atoms with E-state index in [-0.39, 0.29) is 16.3 Å². The van der Waals surface area contributed by atoms with Crippen LogP contribution in [-0.4, -0.2) is 60.9 Å². The molecule has 0 aromatic heterocycles. The molecule has 9 heteroatoms. The molecule has 2 atom stereocenters. The minimum atomic E-state index is -2.26. The normalized spacial score (nSPS) is 13.3. The zero-order valence-electron chi connectivity index (χ0n) is 19.6. The summed E-state index contributed by atoms with van der Waals surface area (Å²) in [6.45, 7) is 1.56. The number of ketones is 1. The Bertz CT molecular complexity index is 1090. The van der Waals surface area contributed by atoms with E-state index in [1.807, 2.05) is 12.1 Å². The van der Waals surface area contributed by atoms with E-state index in [0.717, 1.165) is 18.1 Å². The number of nitrogens with zero attached hydrogens (tertiary/aromatic N) is 1. The fourth-order valence-electron chi connectivity index (χ4n) is 3.47. The van der Waals surface area contributed by atoms with Gasteiger partial charge in [0.25, 0.3) is 5.91 Å². The lowest BCUT2D eigenvalue weighted by Crippen LogP contribution is -2.56. The number of hydrazine groups is 1. The van der Waals surface area contributed by atoms with Crippen molar-refractivity contribution in [1.29, 1.82) is 0 Å². The van der Waals surface area contributed by atoms with Crippen molar-refractivity contribution in [3.8, 4) is 23.5 Å². The predicted molar refractivity (Wildman–Crippen MR) is 125 cm³/mol. The van der Waals surface area contributed by atoms with Crippen LogP contribution in [0.3, 0.4) is 0 Å². The molecule has 0 spiro atoms. The molecule has 2 rings (SSSR count). The third-order valence-electron chi connectivity index (χ3n) is 5.61. The number of methoxy groups -OCH3 is 1. The van der Waals surface area contributed by atoms with E-state index in [9.17, 15) is 24.7 Å². The van der Waals surface area contributed by atoms with Crippen molar-refractivity contribution in [1.82, 2.24) is 15.9 Å². The first-order chi connectivity index (χ1) is 16.1. The molecule has 4 N–H and O–H groups in total. The van der Waals surface area contributed by atoms with Crippen LogP contribution < -0.4 is 10.7 Å². The van der Waals surface area contributed by atoms with E-state index in [2.05, 4.69) is 16.7 Å². The Balaban J connectivity index is 2.44. The molecule has 0 bridgehead atoms. The summed E-state index contributed by atoms with van der Waals surface area (Å²) in [5, 5.41) is 22.4. The molecule has 2 aromatic carbocycles. The number of hydroxylamine groups is 1. The van der Waals surface area contributed by atoms with Crippen LogP contribution in [0.4, 0.5) is 0 Å². The molecule has 9 nitrogen and oxygen atoms in total. The highest BCUT2D eigenvalue weighted by Crippen LogP contribution is 2.30. The molecule has 180 valence electrons. The number of benzene rings is 2. The molecule has 0 aliphatic heterocycles. The van der Waals surface area contributed by atoms with Gasteiger partial charge in [0.15, 0.2) is 11.2 Å². The van der Waals surface area contributed by atoms with E-state index >= 15 is 0 Å². The summed E-state index contributed by atoms with van der Waals surface area (Å²) in [5.41, 5.74) is 2.32.